The first-order chi connectivity index (χ1) is 10.0. The number of hydrogen-bond acceptors (Lipinski definition) is 1. The summed E-state index contributed by atoms with van der Waals surface area (Å²) in [6, 6.07) is 7.24. The molecule has 2 aliphatic rings. The van der Waals surface area contributed by atoms with Crippen molar-refractivity contribution in [3.63, 3.8) is 0 Å². The number of allylic oxidation sites excluding steroid dienone is 2. The van der Waals surface area contributed by atoms with Crippen LogP contribution in [-0.4, -0.2) is 13.8 Å². The summed E-state index contributed by atoms with van der Waals surface area (Å²) < 4.78 is 32.4. The maximum atomic E-state index is 14.8. The second-order valence-electron chi connectivity index (χ2n) is 4.62. The van der Waals surface area contributed by atoms with Gasteiger partial charge in [0, 0.05) is 33.0 Å². The zero-order chi connectivity index (χ0) is 14.8. The van der Waals surface area contributed by atoms with Gasteiger partial charge in [0.05, 0.1) is 15.9 Å². The van der Waals surface area contributed by atoms with Crippen LogP contribution in [0.1, 0.15) is 10.6 Å². The third kappa shape index (κ3) is 1.74. The zero-order valence-electron chi connectivity index (χ0n) is 10.4. The molecule has 7 heteroatoms. The van der Waals surface area contributed by atoms with Gasteiger partial charge < -0.3 is 0 Å². The molecule has 106 valence electrons. The van der Waals surface area contributed by atoms with E-state index in [0.29, 0.717) is 20.6 Å². The summed E-state index contributed by atoms with van der Waals surface area (Å²) in [5, 5.41) is 1.94. The highest BCUT2D eigenvalue weighted by atomic mass is 79.9. The highest BCUT2D eigenvalue weighted by molar-refractivity contribution is 9.18. The maximum absolute atomic E-state index is 14.8. The van der Waals surface area contributed by atoms with Crippen molar-refractivity contribution in [1.29, 1.82) is 0 Å². The molecule has 0 unspecified atom stereocenters. The second-order valence-corrected chi connectivity index (χ2v) is 7.19. The lowest BCUT2D eigenvalue weighted by Gasteiger charge is -2.24. The van der Waals surface area contributed by atoms with E-state index < -0.39 is 6.17 Å². The average molecular weight is 433 g/mol. The highest BCUT2D eigenvalue weighted by Crippen LogP contribution is 2.46. The number of aromatic nitrogens is 1. The van der Waals surface area contributed by atoms with Gasteiger partial charge in [-0.2, -0.15) is 0 Å². The third-order valence-corrected chi connectivity index (χ3v) is 5.61. The minimum absolute atomic E-state index is 0.350. The molecule has 21 heavy (non-hydrogen) atoms. The quantitative estimate of drug-likeness (QED) is 0.444. The number of fused-ring (bicyclic) bond motifs is 2. The summed E-state index contributed by atoms with van der Waals surface area (Å²) in [4.78, 5) is 0.962. The van der Waals surface area contributed by atoms with E-state index >= 15 is 0 Å². The van der Waals surface area contributed by atoms with Crippen LogP contribution in [0.4, 0.5) is 8.78 Å². The molecule has 2 aromatic rings. The van der Waals surface area contributed by atoms with Crippen LogP contribution >= 0.6 is 43.2 Å². The van der Waals surface area contributed by atoms with E-state index in [4.69, 9.17) is 0 Å². The molecule has 2 nitrogen and oxygen atoms in total. The van der Waals surface area contributed by atoms with Crippen molar-refractivity contribution in [1.82, 2.24) is 4.57 Å². The Balaban J connectivity index is 2.14. The Kier molecular flexibility index (Phi) is 2.90. The molecule has 0 spiro atoms. The van der Waals surface area contributed by atoms with Gasteiger partial charge >= 0.3 is 6.17 Å². The summed E-state index contributed by atoms with van der Waals surface area (Å²) in [5.41, 5.74) is 1.83. The molecule has 0 atom stereocenters. The van der Waals surface area contributed by atoms with E-state index in [0.717, 1.165) is 19.6 Å². The fourth-order valence-corrected chi connectivity index (χ4v) is 4.53. The predicted octanol–water partition coefficient (Wildman–Crippen LogP) is 4.97. The monoisotopic (exact) mass is 431 g/mol. The molecule has 4 heterocycles. The summed E-state index contributed by atoms with van der Waals surface area (Å²) in [6.45, 7) is 0. The molecule has 2 aromatic heterocycles. The van der Waals surface area contributed by atoms with Crippen LogP contribution in [0.5, 0.6) is 0 Å². The Morgan fingerprint density at radius 1 is 1.14 bits per heavy atom. The Morgan fingerprint density at radius 2 is 1.95 bits per heavy atom. The summed E-state index contributed by atoms with van der Waals surface area (Å²) in [7, 11) is 0. The van der Waals surface area contributed by atoms with E-state index in [9.17, 15) is 8.78 Å². The van der Waals surface area contributed by atoms with Gasteiger partial charge in [0.25, 0.3) is 4.62 Å². The number of nitrogens with zero attached hydrogens (tertiary/aromatic N) is 2. The van der Waals surface area contributed by atoms with Crippen molar-refractivity contribution >= 4 is 53.4 Å². The van der Waals surface area contributed by atoms with Gasteiger partial charge in [-0.3, -0.25) is 0 Å². The van der Waals surface area contributed by atoms with E-state index in [1.807, 2.05) is 17.5 Å². The van der Waals surface area contributed by atoms with Crippen LogP contribution in [0, 0.1) is 0 Å². The standard InChI is InChI=1S/C14H7Br2F2N2S/c15-11-5-3-8-13(10-2-1-7-21-10)9-4-6-12(16)20(9)14(17,18)19(8)11/h1-7H/q+1. The van der Waals surface area contributed by atoms with E-state index in [-0.39, 0.29) is 0 Å². The molecule has 4 rings (SSSR count). The van der Waals surface area contributed by atoms with Crippen LogP contribution in [0.25, 0.3) is 5.57 Å². The summed E-state index contributed by atoms with van der Waals surface area (Å²) in [5.74, 6) is 0. The summed E-state index contributed by atoms with van der Waals surface area (Å²) >= 11 is 7.99. The molecular weight excluding hydrogens is 426 g/mol. The molecular formula is C14H7Br2F2N2S+. The van der Waals surface area contributed by atoms with Crippen LogP contribution in [0.2, 0.25) is 0 Å². The largest absolute Gasteiger partial charge is 0.567 e. The van der Waals surface area contributed by atoms with Crippen molar-refractivity contribution in [2.24, 2.45) is 0 Å². The first kappa shape index (κ1) is 13.6. The van der Waals surface area contributed by atoms with Gasteiger partial charge in [0.15, 0.2) is 0 Å². The molecule has 0 saturated carbocycles. The first-order valence-corrected chi connectivity index (χ1v) is 8.53. The molecule has 0 fully saturated rings. The Hall–Kier alpha value is -1.05. The average Bonchev–Trinajstić information content (AvgIpc) is 3.11. The lowest BCUT2D eigenvalue weighted by molar-refractivity contribution is -0.672. The minimum Gasteiger partial charge on any atom is -0.213 e. The minimum atomic E-state index is -3.17. The fraction of sp³-hybridized carbons (Fsp3) is 0.0714. The number of alkyl halides is 2. The lowest BCUT2D eigenvalue weighted by atomic mass is 10.1. The van der Waals surface area contributed by atoms with Gasteiger partial charge in [-0.05, 0) is 39.5 Å². The molecule has 2 aliphatic heterocycles. The van der Waals surface area contributed by atoms with Crippen LogP contribution < -0.4 is 0 Å². The number of rotatable bonds is 1. The van der Waals surface area contributed by atoms with Crippen molar-refractivity contribution in [3.8, 4) is 0 Å². The second kappa shape index (κ2) is 4.47. The normalized spacial score (nSPS) is 19.2. The number of thiophene rings is 1. The third-order valence-electron chi connectivity index (χ3n) is 3.48. The molecule has 0 saturated heterocycles. The smallest absolute Gasteiger partial charge is 0.213 e. The van der Waals surface area contributed by atoms with Crippen LogP contribution in [0.3, 0.4) is 0 Å². The number of halogens is 4. The Labute approximate surface area is 140 Å². The van der Waals surface area contributed by atoms with E-state index in [1.54, 1.807) is 24.3 Å². The van der Waals surface area contributed by atoms with Gasteiger partial charge in [-0.1, -0.05) is 10.6 Å². The summed E-state index contributed by atoms with van der Waals surface area (Å²) in [6.07, 6.45) is 0.199. The van der Waals surface area contributed by atoms with Crippen molar-refractivity contribution in [2.75, 3.05) is 0 Å². The van der Waals surface area contributed by atoms with E-state index in [2.05, 4.69) is 31.9 Å². The molecule has 0 aromatic carbocycles. The first-order valence-electron chi connectivity index (χ1n) is 6.06. The Bertz CT molecular complexity index is 844. The lowest BCUT2D eigenvalue weighted by Crippen LogP contribution is -2.41. The van der Waals surface area contributed by atoms with Crippen LogP contribution in [-0.2, 0) is 6.17 Å². The van der Waals surface area contributed by atoms with Crippen molar-refractivity contribution in [3.05, 3.63) is 62.7 Å². The molecule has 0 bridgehead atoms. The van der Waals surface area contributed by atoms with Gasteiger partial charge in [0.1, 0.15) is 0 Å². The highest BCUT2D eigenvalue weighted by Gasteiger charge is 2.56. The SMILES string of the molecule is FC1(F)n2c(Br)ccc2C(c2cccs2)=C2C=CC(Br)=[N+]21. The molecule has 0 amide bonds. The van der Waals surface area contributed by atoms with Gasteiger partial charge in [-0.15, -0.1) is 20.1 Å². The fourth-order valence-electron chi connectivity index (χ4n) is 2.67. The maximum Gasteiger partial charge on any atom is 0.567 e. The van der Waals surface area contributed by atoms with Crippen molar-refractivity contribution in [2.45, 2.75) is 6.17 Å². The van der Waals surface area contributed by atoms with E-state index in [1.165, 1.54) is 11.3 Å². The Morgan fingerprint density at radius 3 is 2.67 bits per heavy atom. The topological polar surface area (TPSA) is 7.94 Å². The van der Waals surface area contributed by atoms with Gasteiger partial charge in [0.2, 0.25) is 5.70 Å². The predicted molar refractivity (Wildman–Crippen MR) is 86.0 cm³/mol. The molecule has 0 N–H and O–H groups in total. The van der Waals surface area contributed by atoms with Gasteiger partial charge in [-0.25, -0.2) is 4.57 Å². The van der Waals surface area contributed by atoms with Crippen molar-refractivity contribution < 1.29 is 13.4 Å². The number of hydrogen-bond donors (Lipinski definition) is 0. The molecule has 0 radical (unpaired) electrons. The zero-order valence-corrected chi connectivity index (χ0v) is 14.3. The molecule has 0 aliphatic carbocycles. The van der Waals surface area contributed by atoms with Crippen LogP contribution in [0.15, 0.2) is 52.1 Å².